The van der Waals surface area contributed by atoms with E-state index in [4.69, 9.17) is 27.4 Å². The minimum absolute atomic E-state index is 0.0703. The number of rotatable bonds is 5. The van der Waals surface area contributed by atoms with Crippen LogP contribution in [0.1, 0.15) is 42.9 Å². The van der Waals surface area contributed by atoms with Gasteiger partial charge in [0.1, 0.15) is 0 Å². The molecule has 4 rings (SSSR count). The van der Waals surface area contributed by atoms with Crippen LogP contribution >= 0.6 is 23.2 Å². The fraction of sp³-hybridized carbons (Fsp3) is 0.429. The van der Waals surface area contributed by atoms with Gasteiger partial charge in [0.15, 0.2) is 0 Å². The largest absolute Gasteiger partial charge is 0.286 e. The highest BCUT2D eigenvalue weighted by Crippen LogP contribution is 2.47. The van der Waals surface area contributed by atoms with Crippen LogP contribution in [0.3, 0.4) is 0 Å². The van der Waals surface area contributed by atoms with Gasteiger partial charge < -0.3 is 0 Å². The van der Waals surface area contributed by atoms with Crippen LogP contribution in [0.25, 0.3) is 0 Å². The number of benzene rings is 2. The molecule has 4 nitrogen and oxygen atoms in total. The van der Waals surface area contributed by atoms with E-state index in [0.29, 0.717) is 22.9 Å². The van der Waals surface area contributed by atoms with E-state index in [0.717, 1.165) is 30.2 Å². The van der Waals surface area contributed by atoms with Crippen molar-refractivity contribution in [1.29, 1.82) is 0 Å². The van der Waals surface area contributed by atoms with Gasteiger partial charge in [0.05, 0.1) is 18.4 Å². The molecular weight excluding hydrogens is 417 g/mol. The Balaban J connectivity index is 1.73. The lowest BCUT2D eigenvalue weighted by Crippen LogP contribution is -2.48. The minimum Gasteiger partial charge on any atom is -0.286 e. The topological polar surface area (TPSA) is 46.6 Å². The predicted molar refractivity (Wildman–Crippen MR) is 112 cm³/mol. The van der Waals surface area contributed by atoms with Crippen LogP contribution in [0.5, 0.6) is 0 Å². The Morgan fingerprint density at radius 1 is 0.929 bits per heavy atom. The van der Waals surface area contributed by atoms with Gasteiger partial charge in [-0.15, -0.1) is 0 Å². The lowest BCUT2D eigenvalue weighted by atomic mass is 9.90. The zero-order chi connectivity index (χ0) is 19.9. The molecule has 0 N–H and O–H groups in total. The molecule has 2 saturated heterocycles. The van der Waals surface area contributed by atoms with Gasteiger partial charge >= 0.3 is 0 Å². The Hall–Kier alpha value is -1.11. The molecule has 2 atom stereocenters. The van der Waals surface area contributed by atoms with Crippen molar-refractivity contribution in [3.8, 4) is 0 Å². The summed E-state index contributed by atoms with van der Waals surface area (Å²) in [5.41, 5.74) is 2.05. The van der Waals surface area contributed by atoms with Crippen molar-refractivity contribution in [1.82, 2.24) is 4.90 Å². The summed E-state index contributed by atoms with van der Waals surface area (Å²) in [5.74, 6) is 0. The Morgan fingerprint density at radius 2 is 1.39 bits per heavy atom. The summed E-state index contributed by atoms with van der Waals surface area (Å²) in [5, 5.41) is 1.42. The smallest absolute Gasteiger partial charge is 0.264 e. The Bertz CT molecular complexity index is 906. The number of hydrogen-bond donors (Lipinski definition) is 0. The minimum atomic E-state index is -3.46. The first-order valence-corrected chi connectivity index (χ1v) is 12.1. The summed E-state index contributed by atoms with van der Waals surface area (Å²) < 4.78 is 28.6. The van der Waals surface area contributed by atoms with Gasteiger partial charge in [-0.05, 0) is 48.9 Å². The summed E-state index contributed by atoms with van der Waals surface area (Å²) in [4.78, 5) is 2.48. The number of halogens is 2. The van der Waals surface area contributed by atoms with Crippen molar-refractivity contribution in [3.63, 3.8) is 0 Å². The molecular formula is C21H23Cl2NO3S. The summed E-state index contributed by atoms with van der Waals surface area (Å²) in [6, 6.07) is 16.1. The van der Waals surface area contributed by atoms with Crippen molar-refractivity contribution < 1.29 is 12.6 Å². The molecule has 2 aliphatic heterocycles. The van der Waals surface area contributed by atoms with Gasteiger partial charge in [0, 0.05) is 22.1 Å². The molecule has 2 unspecified atom stereocenters. The van der Waals surface area contributed by atoms with E-state index < -0.39 is 10.1 Å². The molecule has 0 spiro atoms. The maximum Gasteiger partial charge on any atom is 0.264 e. The molecule has 28 heavy (non-hydrogen) atoms. The lowest BCUT2D eigenvalue weighted by Gasteiger charge is -2.44. The van der Waals surface area contributed by atoms with Crippen LogP contribution in [0, 0.1) is 0 Å². The van der Waals surface area contributed by atoms with E-state index >= 15 is 0 Å². The SMILES string of the molecule is CS(=O)(=O)OC1CC2CCC(C1)N2C(c1ccccc1Cl)c1ccccc1Cl. The van der Waals surface area contributed by atoms with Crippen LogP contribution < -0.4 is 0 Å². The van der Waals surface area contributed by atoms with Crippen LogP contribution in [-0.2, 0) is 14.3 Å². The van der Waals surface area contributed by atoms with Crippen molar-refractivity contribution in [2.75, 3.05) is 6.26 Å². The van der Waals surface area contributed by atoms with Gasteiger partial charge in [-0.3, -0.25) is 9.08 Å². The Morgan fingerprint density at radius 3 is 1.82 bits per heavy atom. The quantitative estimate of drug-likeness (QED) is 0.611. The maximum atomic E-state index is 11.6. The molecule has 2 aromatic carbocycles. The average molecular weight is 440 g/mol. The molecule has 0 amide bonds. The molecule has 150 valence electrons. The van der Waals surface area contributed by atoms with Gasteiger partial charge in [-0.2, -0.15) is 8.42 Å². The van der Waals surface area contributed by atoms with E-state index in [1.54, 1.807) is 0 Å². The standard InChI is InChI=1S/C21H23Cl2NO3S/c1-28(25,26)27-16-12-14-10-11-15(13-16)24(14)21(17-6-2-4-8-19(17)22)18-7-3-5-9-20(18)23/h2-9,14-16,21H,10-13H2,1H3. The second-order valence-corrected chi connectivity index (χ2v) is 10.1. The predicted octanol–water partition coefficient (Wildman–Crippen LogP) is 5.05. The third-order valence-electron chi connectivity index (χ3n) is 5.75. The second kappa shape index (κ2) is 7.96. The first kappa shape index (κ1) is 20.2. The van der Waals surface area contributed by atoms with Crippen LogP contribution in [-0.4, -0.2) is 37.8 Å². The van der Waals surface area contributed by atoms with Crippen molar-refractivity contribution in [2.24, 2.45) is 0 Å². The van der Waals surface area contributed by atoms with Gasteiger partial charge in [0.25, 0.3) is 10.1 Å². The number of hydrogen-bond acceptors (Lipinski definition) is 4. The summed E-state index contributed by atoms with van der Waals surface area (Å²) >= 11 is 13.2. The molecule has 7 heteroatoms. The zero-order valence-corrected chi connectivity index (χ0v) is 17.9. The number of piperidine rings is 1. The third kappa shape index (κ3) is 4.10. The summed E-state index contributed by atoms with van der Waals surface area (Å²) in [6.45, 7) is 0. The first-order valence-electron chi connectivity index (χ1n) is 9.48. The van der Waals surface area contributed by atoms with Gasteiger partial charge in [-0.1, -0.05) is 59.6 Å². The Kier molecular flexibility index (Phi) is 5.73. The molecule has 2 fully saturated rings. The first-order chi connectivity index (χ1) is 13.3. The molecule has 0 saturated carbocycles. The van der Waals surface area contributed by atoms with Crippen molar-refractivity contribution in [3.05, 3.63) is 69.7 Å². The molecule has 2 aliphatic rings. The zero-order valence-electron chi connectivity index (χ0n) is 15.6. The number of fused-ring (bicyclic) bond motifs is 2. The number of nitrogens with zero attached hydrogens (tertiary/aromatic N) is 1. The van der Waals surface area contributed by atoms with E-state index in [9.17, 15) is 8.42 Å². The summed E-state index contributed by atoms with van der Waals surface area (Å²) in [7, 11) is -3.46. The lowest BCUT2D eigenvalue weighted by molar-refractivity contribution is 0.0343. The van der Waals surface area contributed by atoms with E-state index in [1.165, 1.54) is 0 Å². The van der Waals surface area contributed by atoms with Crippen LogP contribution in [0.15, 0.2) is 48.5 Å². The van der Waals surface area contributed by atoms with Crippen molar-refractivity contribution in [2.45, 2.75) is 49.9 Å². The van der Waals surface area contributed by atoms with E-state index in [1.807, 2.05) is 36.4 Å². The van der Waals surface area contributed by atoms with Crippen LogP contribution in [0.4, 0.5) is 0 Å². The maximum absolute atomic E-state index is 11.6. The van der Waals surface area contributed by atoms with Gasteiger partial charge in [0.2, 0.25) is 0 Å². The monoisotopic (exact) mass is 439 g/mol. The molecule has 0 aromatic heterocycles. The molecule has 0 aliphatic carbocycles. The van der Waals surface area contributed by atoms with Crippen molar-refractivity contribution >= 4 is 33.3 Å². The molecule has 2 bridgehead atoms. The average Bonchev–Trinajstić information content (AvgIpc) is 2.87. The van der Waals surface area contributed by atoms with E-state index in [-0.39, 0.29) is 24.2 Å². The second-order valence-electron chi connectivity index (χ2n) is 7.67. The highest BCUT2D eigenvalue weighted by Gasteiger charge is 2.46. The fourth-order valence-corrected chi connectivity index (χ4v) is 5.92. The highest BCUT2D eigenvalue weighted by molar-refractivity contribution is 7.86. The molecule has 2 heterocycles. The van der Waals surface area contributed by atoms with Gasteiger partial charge in [-0.25, -0.2) is 0 Å². The highest BCUT2D eigenvalue weighted by atomic mass is 35.5. The fourth-order valence-electron chi connectivity index (χ4n) is 4.79. The summed E-state index contributed by atoms with van der Waals surface area (Å²) in [6.07, 6.45) is 4.27. The molecule has 0 radical (unpaired) electrons. The van der Waals surface area contributed by atoms with Crippen LogP contribution in [0.2, 0.25) is 10.0 Å². The Labute approximate surface area is 176 Å². The third-order valence-corrected chi connectivity index (χ3v) is 7.07. The molecule has 2 aromatic rings. The van der Waals surface area contributed by atoms with E-state index in [2.05, 4.69) is 17.0 Å². The normalized spacial score (nSPS) is 25.4.